The minimum Gasteiger partial charge on any atom is -0.477 e. The average Bonchev–Trinajstić information content (AvgIpc) is 2.73. The summed E-state index contributed by atoms with van der Waals surface area (Å²) in [6.07, 6.45) is 0.863. The van der Waals surface area contributed by atoms with Gasteiger partial charge in [0.15, 0.2) is 0 Å². The summed E-state index contributed by atoms with van der Waals surface area (Å²) in [4.78, 5) is 9.85. The van der Waals surface area contributed by atoms with E-state index < -0.39 is 14.9 Å². The number of nitrogens with one attached hydrogen (secondary N) is 1. The molecule has 30 heavy (non-hydrogen) atoms. The Balaban J connectivity index is 1.78. The summed E-state index contributed by atoms with van der Waals surface area (Å²) in [6.45, 7) is 2.54. The predicted molar refractivity (Wildman–Crippen MR) is 112 cm³/mol. The van der Waals surface area contributed by atoms with Crippen molar-refractivity contribution in [3.8, 4) is 17.1 Å². The third-order valence-electron chi connectivity index (χ3n) is 3.94. The zero-order valence-electron chi connectivity index (χ0n) is 15.8. The second-order valence-corrected chi connectivity index (χ2v) is 8.22. The third-order valence-corrected chi connectivity index (χ3v) is 5.81. The van der Waals surface area contributed by atoms with Gasteiger partial charge in [0, 0.05) is 29.4 Å². The minimum absolute atomic E-state index is 0.120. The third kappa shape index (κ3) is 5.02. The highest BCUT2D eigenvalue weighted by Crippen LogP contribution is 2.28. The van der Waals surface area contributed by atoms with Crippen LogP contribution in [-0.4, -0.2) is 30.1 Å². The van der Waals surface area contributed by atoms with Gasteiger partial charge in [0.1, 0.15) is 4.90 Å². The van der Waals surface area contributed by atoms with E-state index in [1.807, 2.05) is 6.92 Å². The molecule has 2 aromatic carbocycles. The molecule has 1 N–H and O–H groups in total. The lowest BCUT2D eigenvalue weighted by Gasteiger charge is -2.10. The molecule has 0 spiro atoms. The highest BCUT2D eigenvalue weighted by atomic mass is 35.5. The van der Waals surface area contributed by atoms with E-state index in [-0.39, 0.29) is 21.3 Å². The van der Waals surface area contributed by atoms with Crippen molar-refractivity contribution < 1.29 is 18.1 Å². The van der Waals surface area contributed by atoms with Crippen LogP contribution >= 0.6 is 11.6 Å². The summed E-state index contributed by atoms with van der Waals surface area (Å²) in [5.41, 5.74) is 1.20. The van der Waals surface area contributed by atoms with Crippen molar-refractivity contribution in [2.75, 3.05) is 11.3 Å². The molecule has 0 bridgehead atoms. The van der Waals surface area contributed by atoms with E-state index in [0.29, 0.717) is 18.2 Å². The molecule has 3 rings (SSSR count). The van der Waals surface area contributed by atoms with Gasteiger partial charge in [0.2, 0.25) is 5.88 Å². The molecule has 0 aliphatic heterocycles. The molecule has 0 aliphatic rings. The number of halogens is 1. The Morgan fingerprint density at radius 1 is 1.10 bits per heavy atom. The Kier molecular flexibility index (Phi) is 6.48. The molecule has 0 aliphatic carbocycles. The molecule has 11 heteroatoms. The Morgan fingerprint density at radius 2 is 1.83 bits per heavy atom. The number of hydrogen-bond acceptors (Lipinski definition) is 7. The molecule has 1 aromatic heterocycles. The van der Waals surface area contributed by atoms with Gasteiger partial charge in [-0.3, -0.25) is 14.8 Å². The van der Waals surface area contributed by atoms with Crippen LogP contribution in [0.1, 0.15) is 13.3 Å². The van der Waals surface area contributed by atoms with Crippen LogP contribution in [0.25, 0.3) is 11.3 Å². The number of non-ortho nitro benzene ring substituents is 1. The number of sulfonamides is 1. The van der Waals surface area contributed by atoms with Crippen molar-refractivity contribution in [2.24, 2.45) is 0 Å². The lowest BCUT2D eigenvalue weighted by Crippen LogP contribution is -2.13. The number of hydrogen-bond donors (Lipinski definition) is 1. The number of benzene rings is 2. The first kappa shape index (κ1) is 21.5. The van der Waals surface area contributed by atoms with Crippen LogP contribution in [0.4, 0.5) is 11.4 Å². The first-order valence-electron chi connectivity index (χ1n) is 8.84. The first-order valence-corrected chi connectivity index (χ1v) is 10.7. The van der Waals surface area contributed by atoms with Crippen molar-refractivity contribution >= 4 is 33.0 Å². The van der Waals surface area contributed by atoms with Crippen molar-refractivity contribution in [2.45, 2.75) is 18.2 Å². The fourth-order valence-electron chi connectivity index (χ4n) is 2.49. The van der Waals surface area contributed by atoms with E-state index in [4.69, 9.17) is 16.3 Å². The molecule has 0 atom stereocenters. The maximum Gasteiger partial charge on any atom is 0.270 e. The van der Waals surface area contributed by atoms with E-state index in [2.05, 4.69) is 14.9 Å². The summed E-state index contributed by atoms with van der Waals surface area (Å²) >= 11 is 5.93. The SMILES string of the molecule is CCCOc1ccc(-c2ccc(NS(=O)(=O)c3cc([N+](=O)[O-])ccc3Cl)cc2)nn1. The lowest BCUT2D eigenvalue weighted by molar-refractivity contribution is -0.385. The van der Waals surface area contributed by atoms with E-state index in [1.165, 1.54) is 6.07 Å². The molecule has 156 valence electrons. The van der Waals surface area contributed by atoms with Crippen LogP contribution in [0.5, 0.6) is 5.88 Å². The Morgan fingerprint density at radius 3 is 2.43 bits per heavy atom. The van der Waals surface area contributed by atoms with Gasteiger partial charge in [0.05, 0.1) is 22.2 Å². The van der Waals surface area contributed by atoms with Gasteiger partial charge in [-0.1, -0.05) is 30.7 Å². The summed E-state index contributed by atoms with van der Waals surface area (Å²) in [5.74, 6) is 0.429. The Labute approximate surface area is 177 Å². The van der Waals surface area contributed by atoms with Crippen LogP contribution in [0.3, 0.4) is 0 Å². The van der Waals surface area contributed by atoms with E-state index in [9.17, 15) is 18.5 Å². The van der Waals surface area contributed by atoms with Gasteiger partial charge in [-0.15, -0.1) is 10.2 Å². The molecule has 0 amide bonds. The van der Waals surface area contributed by atoms with Crippen LogP contribution in [-0.2, 0) is 10.0 Å². The number of nitrogens with zero attached hydrogens (tertiary/aromatic N) is 3. The number of aromatic nitrogens is 2. The first-order chi connectivity index (χ1) is 14.3. The van der Waals surface area contributed by atoms with E-state index in [0.717, 1.165) is 24.1 Å². The quantitative estimate of drug-likeness (QED) is 0.402. The molecule has 3 aromatic rings. The number of anilines is 1. The van der Waals surface area contributed by atoms with Crippen molar-refractivity contribution in [1.82, 2.24) is 10.2 Å². The molecule has 0 saturated carbocycles. The maximum atomic E-state index is 12.6. The zero-order chi connectivity index (χ0) is 21.7. The smallest absolute Gasteiger partial charge is 0.270 e. The number of ether oxygens (including phenoxy) is 1. The summed E-state index contributed by atoms with van der Waals surface area (Å²) in [5, 5.41) is 18.9. The molecule has 9 nitrogen and oxygen atoms in total. The average molecular weight is 449 g/mol. The van der Waals surface area contributed by atoms with Crippen LogP contribution in [0.2, 0.25) is 5.02 Å². The fourth-order valence-corrected chi connectivity index (χ4v) is 4.07. The molecule has 0 radical (unpaired) electrons. The van der Waals surface area contributed by atoms with Crippen molar-refractivity contribution in [3.05, 3.63) is 69.7 Å². The van der Waals surface area contributed by atoms with Gasteiger partial charge in [-0.05, 0) is 30.7 Å². The monoisotopic (exact) mass is 448 g/mol. The highest BCUT2D eigenvalue weighted by molar-refractivity contribution is 7.92. The standard InChI is InChI=1S/C19H17ClN4O5S/c1-2-11-29-19-10-9-17(21-22-19)13-3-5-14(6-4-13)23-30(27,28)18-12-15(24(25)26)7-8-16(18)20/h3-10,12,23H,2,11H2,1H3. The second-order valence-electron chi connectivity index (χ2n) is 6.16. The molecular formula is C19H17ClN4O5S. The van der Waals surface area contributed by atoms with Crippen molar-refractivity contribution in [1.29, 1.82) is 0 Å². The summed E-state index contributed by atoms with van der Waals surface area (Å²) < 4.78 is 33.0. The molecular weight excluding hydrogens is 432 g/mol. The second kappa shape index (κ2) is 9.06. The van der Waals surface area contributed by atoms with Crippen LogP contribution in [0, 0.1) is 10.1 Å². The fraction of sp³-hybridized carbons (Fsp3) is 0.158. The van der Waals surface area contributed by atoms with E-state index >= 15 is 0 Å². The molecule has 0 fully saturated rings. The van der Waals surface area contributed by atoms with Crippen LogP contribution < -0.4 is 9.46 Å². The predicted octanol–water partition coefficient (Wildman–Crippen LogP) is 4.29. The summed E-state index contributed by atoms with van der Waals surface area (Å²) in [7, 11) is -4.12. The largest absolute Gasteiger partial charge is 0.477 e. The van der Waals surface area contributed by atoms with Crippen molar-refractivity contribution in [3.63, 3.8) is 0 Å². The molecule has 1 heterocycles. The molecule has 0 saturated heterocycles. The zero-order valence-corrected chi connectivity index (χ0v) is 17.4. The number of nitro benzene ring substituents is 1. The molecule has 0 unspecified atom stereocenters. The minimum atomic E-state index is -4.12. The van der Waals surface area contributed by atoms with Gasteiger partial charge in [0.25, 0.3) is 15.7 Å². The number of rotatable bonds is 8. The normalized spacial score (nSPS) is 11.1. The van der Waals surface area contributed by atoms with Gasteiger partial charge < -0.3 is 4.74 Å². The van der Waals surface area contributed by atoms with Gasteiger partial charge >= 0.3 is 0 Å². The number of nitro groups is 1. The highest BCUT2D eigenvalue weighted by Gasteiger charge is 2.21. The van der Waals surface area contributed by atoms with Crippen LogP contribution in [0.15, 0.2) is 59.5 Å². The summed E-state index contributed by atoms with van der Waals surface area (Å²) in [6, 6.07) is 13.1. The lowest BCUT2D eigenvalue weighted by atomic mass is 10.1. The topological polar surface area (TPSA) is 124 Å². The Hall–Kier alpha value is -3.24. The van der Waals surface area contributed by atoms with Gasteiger partial charge in [-0.2, -0.15) is 0 Å². The maximum absolute atomic E-state index is 12.6. The van der Waals surface area contributed by atoms with E-state index in [1.54, 1.807) is 36.4 Å². The Bertz CT molecular complexity index is 1150. The van der Waals surface area contributed by atoms with Gasteiger partial charge in [-0.25, -0.2) is 8.42 Å².